The highest BCUT2D eigenvalue weighted by Crippen LogP contribution is 2.37. The summed E-state index contributed by atoms with van der Waals surface area (Å²) in [6, 6.07) is 3.76. The van der Waals surface area contributed by atoms with Crippen LogP contribution in [0.15, 0.2) is 16.6 Å². The third kappa shape index (κ3) is 1.35. The highest BCUT2D eigenvalue weighted by atomic mass is 79.9. The number of H-pyrrole nitrogens is 1. The molecule has 1 N–H and O–H groups in total. The number of fused-ring (bicyclic) bond motifs is 3. The van der Waals surface area contributed by atoms with Gasteiger partial charge in [-0.25, -0.2) is 0 Å². The summed E-state index contributed by atoms with van der Waals surface area (Å²) in [5.41, 5.74) is 2.76. The molecule has 0 saturated carbocycles. The van der Waals surface area contributed by atoms with Crippen LogP contribution in [-0.2, 0) is 6.42 Å². The lowest BCUT2D eigenvalue weighted by Crippen LogP contribution is -2.09. The van der Waals surface area contributed by atoms with E-state index in [1.54, 1.807) is 0 Å². The highest BCUT2D eigenvalue weighted by molar-refractivity contribution is 9.10. The van der Waals surface area contributed by atoms with Crippen LogP contribution in [0, 0.1) is 0 Å². The Hall–Kier alpha value is -0.800. The lowest BCUT2D eigenvalue weighted by atomic mass is 9.95. The van der Waals surface area contributed by atoms with Gasteiger partial charge >= 0.3 is 0 Å². The molecule has 0 atom stereocenters. The van der Waals surface area contributed by atoms with Crippen LogP contribution in [0.1, 0.15) is 28.9 Å². The number of Topliss-reactive ketones (excluding diaryl/α,β-unsaturated/α-hetero) is 1. The van der Waals surface area contributed by atoms with Gasteiger partial charge in [0, 0.05) is 16.3 Å². The molecule has 0 unspecified atom stereocenters. The van der Waals surface area contributed by atoms with Crippen molar-refractivity contribution in [3.8, 4) is 0 Å². The summed E-state index contributed by atoms with van der Waals surface area (Å²) < 4.78 is 0.953. The first kappa shape index (κ1) is 10.4. The Balaban J connectivity index is 2.45. The van der Waals surface area contributed by atoms with E-state index < -0.39 is 0 Å². The predicted molar refractivity (Wildman–Crippen MR) is 68.3 cm³/mol. The molecule has 1 aliphatic rings. The van der Waals surface area contributed by atoms with Gasteiger partial charge in [0.15, 0.2) is 5.78 Å². The zero-order valence-corrected chi connectivity index (χ0v) is 10.8. The first-order chi connectivity index (χ1) is 7.68. The van der Waals surface area contributed by atoms with Gasteiger partial charge in [-0.1, -0.05) is 11.6 Å². The van der Waals surface area contributed by atoms with Crippen molar-refractivity contribution in [2.75, 3.05) is 0 Å². The summed E-state index contributed by atoms with van der Waals surface area (Å²) in [6.07, 6.45) is 2.48. The zero-order valence-electron chi connectivity index (χ0n) is 8.44. The molecule has 4 heteroatoms. The smallest absolute Gasteiger partial charge is 0.179 e. The van der Waals surface area contributed by atoms with Gasteiger partial charge < -0.3 is 4.98 Å². The summed E-state index contributed by atoms with van der Waals surface area (Å²) in [7, 11) is 0. The van der Waals surface area contributed by atoms with Gasteiger partial charge in [0.05, 0.1) is 16.2 Å². The van der Waals surface area contributed by atoms with Gasteiger partial charge in [0.25, 0.3) is 0 Å². The van der Waals surface area contributed by atoms with E-state index in [9.17, 15) is 4.79 Å². The van der Waals surface area contributed by atoms with E-state index in [1.165, 1.54) is 0 Å². The first-order valence-corrected chi connectivity index (χ1v) is 6.37. The maximum atomic E-state index is 11.8. The minimum atomic E-state index is 0.195. The van der Waals surface area contributed by atoms with Crippen molar-refractivity contribution in [3.05, 3.63) is 32.9 Å². The number of aryl methyl sites for hydroxylation is 1. The van der Waals surface area contributed by atoms with Crippen molar-refractivity contribution in [2.24, 2.45) is 0 Å². The number of benzene rings is 1. The van der Waals surface area contributed by atoms with E-state index >= 15 is 0 Å². The lowest BCUT2D eigenvalue weighted by Gasteiger charge is -2.09. The number of carbonyl (C=O) groups excluding carboxylic acids is 1. The van der Waals surface area contributed by atoms with Gasteiger partial charge in [-0.2, -0.15) is 0 Å². The fourth-order valence-corrected chi connectivity index (χ4v) is 3.03. The average molecular weight is 299 g/mol. The monoisotopic (exact) mass is 297 g/mol. The van der Waals surface area contributed by atoms with E-state index in [0.717, 1.165) is 39.5 Å². The van der Waals surface area contributed by atoms with Crippen LogP contribution >= 0.6 is 27.5 Å². The van der Waals surface area contributed by atoms with Gasteiger partial charge in [0.2, 0.25) is 0 Å². The molecule has 0 spiro atoms. The number of aromatic nitrogens is 1. The van der Waals surface area contributed by atoms with Crippen molar-refractivity contribution in [1.29, 1.82) is 0 Å². The molecular formula is C12H9BrClNO. The van der Waals surface area contributed by atoms with Gasteiger partial charge in [-0.05, 0) is 46.5 Å². The van der Waals surface area contributed by atoms with Crippen molar-refractivity contribution in [3.63, 3.8) is 0 Å². The summed E-state index contributed by atoms with van der Waals surface area (Å²) in [4.78, 5) is 15.0. The second kappa shape index (κ2) is 3.60. The standard InChI is InChI=1S/C12H9BrClNO/c13-7-4-5-8(14)10-6-2-1-3-9(16)11(6)15-12(7)10/h4-5,15H,1-3H2. The number of rotatable bonds is 0. The Labute approximate surface area is 106 Å². The molecule has 0 saturated heterocycles. The van der Waals surface area contributed by atoms with Crippen LogP contribution in [0.2, 0.25) is 5.02 Å². The number of carbonyl (C=O) groups is 1. The Morgan fingerprint density at radius 2 is 2.12 bits per heavy atom. The fourth-order valence-electron chi connectivity index (χ4n) is 2.33. The summed E-state index contributed by atoms with van der Waals surface area (Å²) in [5, 5.41) is 1.71. The molecule has 16 heavy (non-hydrogen) atoms. The van der Waals surface area contributed by atoms with E-state index in [2.05, 4.69) is 20.9 Å². The third-order valence-electron chi connectivity index (χ3n) is 3.07. The van der Waals surface area contributed by atoms with Crippen molar-refractivity contribution < 1.29 is 4.79 Å². The Morgan fingerprint density at radius 1 is 1.31 bits per heavy atom. The molecule has 2 aromatic rings. The maximum Gasteiger partial charge on any atom is 0.179 e. The normalized spacial score (nSPS) is 15.5. The average Bonchev–Trinajstić information content (AvgIpc) is 2.66. The van der Waals surface area contributed by atoms with Gasteiger partial charge in [-0.3, -0.25) is 4.79 Å². The highest BCUT2D eigenvalue weighted by Gasteiger charge is 2.23. The van der Waals surface area contributed by atoms with E-state index in [4.69, 9.17) is 11.6 Å². The van der Waals surface area contributed by atoms with Crippen molar-refractivity contribution in [2.45, 2.75) is 19.3 Å². The number of hydrogen-bond donors (Lipinski definition) is 1. The van der Waals surface area contributed by atoms with Crippen LogP contribution < -0.4 is 0 Å². The van der Waals surface area contributed by atoms with Gasteiger partial charge in [-0.15, -0.1) is 0 Å². The molecule has 1 heterocycles. The Bertz CT molecular complexity index is 603. The van der Waals surface area contributed by atoms with Crippen LogP contribution in [-0.4, -0.2) is 10.8 Å². The van der Waals surface area contributed by atoms with E-state index in [-0.39, 0.29) is 5.78 Å². The largest absolute Gasteiger partial charge is 0.351 e. The molecule has 0 fully saturated rings. The van der Waals surface area contributed by atoms with E-state index in [1.807, 2.05) is 12.1 Å². The molecule has 1 aliphatic carbocycles. The predicted octanol–water partition coefficient (Wildman–Crippen LogP) is 4.10. The molecule has 1 aromatic heterocycles. The molecule has 3 rings (SSSR count). The SMILES string of the molecule is O=C1CCCc2c1[nH]c1c(Br)ccc(Cl)c21. The molecule has 0 aliphatic heterocycles. The number of aromatic amines is 1. The summed E-state index contributed by atoms with van der Waals surface area (Å²) >= 11 is 9.68. The molecule has 0 radical (unpaired) electrons. The third-order valence-corrected chi connectivity index (χ3v) is 4.04. The minimum Gasteiger partial charge on any atom is -0.351 e. The molecule has 2 nitrogen and oxygen atoms in total. The van der Waals surface area contributed by atoms with Crippen LogP contribution in [0.25, 0.3) is 10.9 Å². The summed E-state index contributed by atoms with van der Waals surface area (Å²) in [6.45, 7) is 0. The minimum absolute atomic E-state index is 0.195. The van der Waals surface area contributed by atoms with Crippen LogP contribution in [0.3, 0.4) is 0 Å². The quantitative estimate of drug-likeness (QED) is 0.780. The number of halogens is 2. The second-order valence-corrected chi connectivity index (χ2v) is 5.30. The molecular weight excluding hydrogens is 289 g/mol. The summed E-state index contributed by atoms with van der Waals surface area (Å²) in [5.74, 6) is 0.195. The van der Waals surface area contributed by atoms with Crippen molar-refractivity contribution >= 4 is 44.2 Å². The second-order valence-electron chi connectivity index (χ2n) is 4.03. The van der Waals surface area contributed by atoms with E-state index in [0.29, 0.717) is 11.4 Å². The molecule has 1 aromatic carbocycles. The molecule has 82 valence electrons. The zero-order chi connectivity index (χ0) is 11.3. The number of nitrogens with one attached hydrogen (secondary N) is 1. The maximum absolute atomic E-state index is 11.8. The number of ketones is 1. The van der Waals surface area contributed by atoms with Crippen molar-refractivity contribution in [1.82, 2.24) is 4.98 Å². The first-order valence-electron chi connectivity index (χ1n) is 5.20. The Kier molecular flexibility index (Phi) is 2.33. The van der Waals surface area contributed by atoms with Crippen LogP contribution in [0.5, 0.6) is 0 Å². The number of hydrogen-bond acceptors (Lipinski definition) is 1. The molecule has 0 amide bonds. The van der Waals surface area contributed by atoms with Gasteiger partial charge in [0.1, 0.15) is 0 Å². The van der Waals surface area contributed by atoms with Crippen LogP contribution in [0.4, 0.5) is 0 Å². The lowest BCUT2D eigenvalue weighted by molar-refractivity contribution is 0.0968. The topological polar surface area (TPSA) is 32.9 Å². The molecule has 0 bridgehead atoms. The fraction of sp³-hybridized carbons (Fsp3) is 0.250. The Morgan fingerprint density at radius 3 is 2.94 bits per heavy atom.